The molecular formula is C15H25Cl2N3OS. The number of rotatable bonds is 4. The van der Waals surface area contributed by atoms with E-state index in [1.807, 2.05) is 11.3 Å². The van der Waals surface area contributed by atoms with Gasteiger partial charge in [-0.15, -0.1) is 36.2 Å². The van der Waals surface area contributed by atoms with Crippen LogP contribution in [-0.2, 0) is 17.8 Å². The van der Waals surface area contributed by atoms with Crippen molar-refractivity contribution < 1.29 is 4.79 Å². The van der Waals surface area contributed by atoms with E-state index in [0.29, 0.717) is 6.04 Å². The Labute approximate surface area is 148 Å². The van der Waals surface area contributed by atoms with E-state index in [2.05, 4.69) is 33.9 Å². The molecule has 0 aliphatic carbocycles. The van der Waals surface area contributed by atoms with Gasteiger partial charge in [-0.05, 0) is 43.3 Å². The Kier molecular flexibility index (Phi) is 8.14. The fourth-order valence-corrected chi connectivity index (χ4v) is 3.94. The zero-order chi connectivity index (χ0) is 13.9. The average Bonchev–Trinajstić information content (AvgIpc) is 3.13. The molecule has 1 aromatic rings. The first-order valence-corrected chi connectivity index (χ1v) is 8.39. The average molecular weight is 366 g/mol. The summed E-state index contributed by atoms with van der Waals surface area (Å²) in [5.41, 5.74) is 1.47. The summed E-state index contributed by atoms with van der Waals surface area (Å²) in [6.07, 6.45) is 2.13. The highest BCUT2D eigenvalue weighted by molar-refractivity contribution is 7.10. The first-order chi connectivity index (χ1) is 9.74. The van der Waals surface area contributed by atoms with Gasteiger partial charge in [-0.3, -0.25) is 9.69 Å². The largest absolute Gasteiger partial charge is 0.354 e. The number of hydrogen-bond donors (Lipinski definition) is 2. The second-order valence-corrected chi connectivity index (χ2v) is 6.87. The van der Waals surface area contributed by atoms with Gasteiger partial charge in [0.25, 0.3) is 0 Å². The molecule has 0 saturated carbocycles. The molecule has 2 atom stereocenters. The Hall–Kier alpha value is -0.330. The number of amides is 1. The summed E-state index contributed by atoms with van der Waals surface area (Å²) in [5, 5.41) is 8.55. The van der Waals surface area contributed by atoms with Gasteiger partial charge in [-0.2, -0.15) is 0 Å². The van der Waals surface area contributed by atoms with Crippen molar-refractivity contribution in [2.45, 2.75) is 32.4 Å². The highest BCUT2D eigenvalue weighted by Gasteiger charge is 2.25. The van der Waals surface area contributed by atoms with E-state index in [1.54, 1.807) is 0 Å². The maximum atomic E-state index is 12.0. The van der Waals surface area contributed by atoms with Crippen LogP contribution in [0.4, 0.5) is 0 Å². The Morgan fingerprint density at radius 3 is 3.09 bits per heavy atom. The lowest BCUT2D eigenvalue weighted by Crippen LogP contribution is -2.45. The molecule has 3 heterocycles. The molecule has 1 saturated heterocycles. The molecule has 1 aromatic heterocycles. The number of carbonyl (C=O) groups excluding carboxylic acids is 1. The van der Waals surface area contributed by atoms with E-state index < -0.39 is 0 Å². The standard InChI is InChI=1S/C15H23N3OS.2ClH/c1-11(8-17-15(19)12-2-5-16-9-12)18-6-3-14-13(10-18)4-7-20-14;;/h4,7,11-12,16H,2-3,5-6,8-10H2,1H3,(H,17,19);2*1H. The Morgan fingerprint density at radius 2 is 2.36 bits per heavy atom. The van der Waals surface area contributed by atoms with Crippen molar-refractivity contribution in [1.29, 1.82) is 0 Å². The lowest BCUT2D eigenvalue weighted by Gasteiger charge is -2.32. The SMILES string of the molecule is CC(CNC(=O)C1CCNC1)N1CCc2sccc2C1.Cl.Cl. The number of hydrogen-bond acceptors (Lipinski definition) is 4. The molecular weight excluding hydrogens is 341 g/mol. The van der Waals surface area contributed by atoms with Crippen molar-refractivity contribution in [2.75, 3.05) is 26.2 Å². The van der Waals surface area contributed by atoms with E-state index in [4.69, 9.17) is 0 Å². The maximum Gasteiger partial charge on any atom is 0.224 e. The molecule has 2 aliphatic heterocycles. The second-order valence-electron chi connectivity index (χ2n) is 5.87. The minimum Gasteiger partial charge on any atom is -0.354 e. The number of halogens is 2. The van der Waals surface area contributed by atoms with Gasteiger partial charge >= 0.3 is 0 Å². The zero-order valence-electron chi connectivity index (χ0n) is 12.8. The molecule has 0 bridgehead atoms. The van der Waals surface area contributed by atoms with Gasteiger partial charge < -0.3 is 10.6 Å². The van der Waals surface area contributed by atoms with Crippen molar-refractivity contribution in [3.63, 3.8) is 0 Å². The first kappa shape index (κ1) is 19.7. The fourth-order valence-electron chi connectivity index (χ4n) is 3.05. The van der Waals surface area contributed by atoms with Crippen molar-refractivity contribution >= 4 is 42.1 Å². The summed E-state index contributed by atoms with van der Waals surface area (Å²) in [6.45, 7) is 6.92. The van der Waals surface area contributed by atoms with Crippen LogP contribution < -0.4 is 10.6 Å². The quantitative estimate of drug-likeness (QED) is 0.858. The smallest absolute Gasteiger partial charge is 0.224 e. The van der Waals surface area contributed by atoms with Crippen LogP contribution in [0, 0.1) is 5.92 Å². The van der Waals surface area contributed by atoms with E-state index in [9.17, 15) is 4.79 Å². The molecule has 2 N–H and O–H groups in total. The summed E-state index contributed by atoms with van der Waals surface area (Å²) in [5.74, 6) is 0.391. The molecule has 0 radical (unpaired) electrons. The van der Waals surface area contributed by atoms with Crippen LogP contribution in [0.1, 0.15) is 23.8 Å². The first-order valence-electron chi connectivity index (χ1n) is 7.52. The lowest BCUT2D eigenvalue weighted by molar-refractivity contribution is -0.124. The number of fused-ring (bicyclic) bond motifs is 1. The molecule has 22 heavy (non-hydrogen) atoms. The van der Waals surface area contributed by atoms with Gasteiger partial charge in [0.15, 0.2) is 0 Å². The minimum absolute atomic E-state index is 0. The third-order valence-corrected chi connectivity index (χ3v) is 5.49. The highest BCUT2D eigenvalue weighted by atomic mass is 35.5. The zero-order valence-corrected chi connectivity index (χ0v) is 15.3. The number of carbonyl (C=O) groups is 1. The van der Waals surface area contributed by atoms with Gasteiger partial charge in [0.1, 0.15) is 0 Å². The Morgan fingerprint density at radius 1 is 1.55 bits per heavy atom. The maximum absolute atomic E-state index is 12.0. The minimum atomic E-state index is 0. The van der Waals surface area contributed by atoms with Crippen LogP contribution in [0.15, 0.2) is 11.4 Å². The summed E-state index contributed by atoms with van der Waals surface area (Å²) in [6, 6.07) is 2.64. The monoisotopic (exact) mass is 365 g/mol. The predicted molar refractivity (Wildman–Crippen MR) is 96.4 cm³/mol. The summed E-state index contributed by atoms with van der Waals surface area (Å²) >= 11 is 1.87. The Balaban J connectivity index is 0.00000121. The molecule has 1 fully saturated rings. The Bertz CT molecular complexity index is 477. The molecule has 3 rings (SSSR count). The topological polar surface area (TPSA) is 44.4 Å². The van der Waals surface area contributed by atoms with E-state index in [0.717, 1.165) is 45.6 Å². The van der Waals surface area contributed by atoms with Crippen LogP contribution in [0.25, 0.3) is 0 Å². The van der Waals surface area contributed by atoms with E-state index >= 15 is 0 Å². The molecule has 126 valence electrons. The van der Waals surface area contributed by atoms with Crippen molar-refractivity contribution in [3.8, 4) is 0 Å². The van der Waals surface area contributed by atoms with Crippen molar-refractivity contribution in [1.82, 2.24) is 15.5 Å². The van der Waals surface area contributed by atoms with Crippen LogP contribution in [0.3, 0.4) is 0 Å². The van der Waals surface area contributed by atoms with Gasteiger partial charge in [-0.25, -0.2) is 0 Å². The molecule has 0 spiro atoms. The summed E-state index contributed by atoms with van der Waals surface area (Å²) < 4.78 is 0. The normalized spacial score (nSPS) is 22.1. The summed E-state index contributed by atoms with van der Waals surface area (Å²) in [4.78, 5) is 16.0. The van der Waals surface area contributed by atoms with E-state index in [-0.39, 0.29) is 36.6 Å². The van der Waals surface area contributed by atoms with Crippen molar-refractivity contribution in [3.05, 3.63) is 21.9 Å². The third kappa shape index (κ3) is 4.59. The molecule has 1 amide bonds. The van der Waals surface area contributed by atoms with Crippen molar-refractivity contribution in [2.24, 2.45) is 5.92 Å². The highest BCUT2D eigenvalue weighted by Crippen LogP contribution is 2.24. The third-order valence-electron chi connectivity index (χ3n) is 4.46. The van der Waals surface area contributed by atoms with Crippen LogP contribution >= 0.6 is 36.2 Å². The van der Waals surface area contributed by atoms with Gasteiger partial charge in [0.2, 0.25) is 5.91 Å². The molecule has 2 aliphatic rings. The lowest BCUT2D eigenvalue weighted by atomic mass is 10.1. The van der Waals surface area contributed by atoms with E-state index in [1.165, 1.54) is 10.4 Å². The van der Waals surface area contributed by atoms with Gasteiger partial charge in [-0.1, -0.05) is 0 Å². The molecule has 7 heteroatoms. The number of nitrogens with zero attached hydrogens (tertiary/aromatic N) is 1. The predicted octanol–water partition coefficient (Wildman–Crippen LogP) is 2.06. The number of thiophene rings is 1. The van der Waals surface area contributed by atoms with Gasteiger partial charge in [0, 0.05) is 37.1 Å². The van der Waals surface area contributed by atoms with Crippen LogP contribution in [0.2, 0.25) is 0 Å². The molecule has 2 unspecified atom stereocenters. The fraction of sp³-hybridized carbons (Fsp3) is 0.667. The molecule has 0 aromatic carbocycles. The number of nitrogens with one attached hydrogen (secondary N) is 2. The second kappa shape index (κ2) is 9.08. The van der Waals surface area contributed by atoms with Gasteiger partial charge in [0.05, 0.1) is 5.92 Å². The summed E-state index contributed by atoms with van der Waals surface area (Å²) in [7, 11) is 0. The van der Waals surface area contributed by atoms with Crippen LogP contribution in [-0.4, -0.2) is 43.0 Å². The van der Waals surface area contributed by atoms with Crippen LogP contribution in [0.5, 0.6) is 0 Å². The molecule has 4 nitrogen and oxygen atoms in total.